The van der Waals surface area contributed by atoms with E-state index in [1.807, 2.05) is 48.7 Å². The van der Waals surface area contributed by atoms with Crippen LogP contribution < -0.4 is 20.1 Å². The fourth-order valence-electron chi connectivity index (χ4n) is 8.42. The van der Waals surface area contributed by atoms with Gasteiger partial charge in [-0.05, 0) is 66.8 Å². The number of anilines is 1. The van der Waals surface area contributed by atoms with E-state index in [0.717, 1.165) is 33.2 Å². The molecule has 5 heterocycles. The zero-order chi connectivity index (χ0) is 48.9. The van der Waals surface area contributed by atoms with E-state index in [1.165, 1.54) is 13.2 Å². The van der Waals surface area contributed by atoms with Gasteiger partial charge in [-0.1, -0.05) is 55.1 Å². The molecular weight excluding hydrogens is 881 g/mol. The number of hydrogen-bond acceptors (Lipinski definition) is 11. The molecular formula is C52H52N8O9. The molecule has 2 aliphatic rings. The molecule has 6 aromatic rings. The third-order valence-corrected chi connectivity index (χ3v) is 12.0. The average molecular weight is 933 g/mol. The Hall–Kier alpha value is -8.34. The van der Waals surface area contributed by atoms with Gasteiger partial charge in [-0.25, -0.2) is 9.78 Å². The van der Waals surface area contributed by atoms with Crippen molar-refractivity contribution in [3.63, 3.8) is 0 Å². The molecule has 17 heteroatoms. The molecule has 354 valence electrons. The molecule has 2 aliphatic heterocycles. The molecule has 0 bridgehead atoms. The summed E-state index contributed by atoms with van der Waals surface area (Å²) >= 11 is 0. The maximum absolute atomic E-state index is 13.9. The Kier molecular flexibility index (Phi) is 13.8. The van der Waals surface area contributed by atoms with Crippen molar-refractivity contribution in [1.29, 1.82) is 0 Å². The number of methoxy groups -OCH3 is 1. The van der Waals surface area contributed by atoms with Crippen LogP contribution in [0.5, 0.6) is 11.5 Å². The lowest BCUT2D eigenvalue weighted by molar-refractivity contribution is -0.120. The van der Waals surface area contributed by atoms with Crippen LogP contribution in [-0.2, 0) is 41.3 Å². The number of benzene rings is 3. The molecule has 0 saturated carbocycles. The second-order valence-corrected chi connectivity index (χ2v) is 17.1. The maximum atomic E-state index is 13.9. The van der Waals surface area contributed by atoms with E-state index < -0.39 is 12.1 Å². The van der Waals surface area contributed by atoms with E-state index >= 15 is 0 Å². The SMILES string of the molecule is C=CCOC(=O)N[C@@H](C)C(=O)Cc1ccc2c(ccn2C(=O)c2cc(-c3ccc(CC(=O)c4nc(NC(=O)CCCOc5cc6c(cc5OC)C(=O)N5CC(=C)C[C@H]5C=N6)cn4C)cc3)cn2C)c1. The highest BCUT2D eigenvalue weighted by atomic mass is 16.5. The Balaban J connectivity index is 0.824. The molecule has 3 aromatic heterocycles. The Bertz CT molecular complexity index is 3070. The number of nitrogens with one attached hydrogen (secondary N) is 2. The van der Waals surface area contributed by atoms with Crippen molar-refractivity contribution in [2.45, 2.75) is 51.1 Å². The summed E-state index contributed by atoms with van der Waals surface area (Å²) in [6.45, 7) is 9.84. The number of carbonyl (C=O) groups excluding carboxylic acids is 6. The van der Waals surface area contributed by atoms with Crippen LogP contribution in [0, 0.1) is 0 Å². The van der Waals surface area contributed by atoms with Crippen molar-refractivity contribution in [2.24, 2.45) is 19.1 Å². The number of hydrogen-bond donors (Lipinski definition) is 2. The van der Waals surface area contributed by atoms with Crippen LogP contribution in [0.15, 0.2) is 115 Å². The molecule has 69 heavy (non-hydrogen) atoms. The fraction of sp³-hybridized carbons (Fsp3) is 0.269. The minimum absolute atomic E-state index is 0.0418. The second-order valence-electron chi connectivity index (χ2n) is 17.1. The number of ether oxygens (including phenoxy) is 3. The Morgan fingerprint density at radius 1 is 0.928 bits per heavy atom. The van der Waals surface area contributed by atoms with Crippen molar-refractivity contribution in [1.82, 2.24) is 28.9 Å². The highest BCUT2D eigenvalue weighted by molar-refractivity contribution is 6.04. The van der Waals surface area contributed by atoms with Crippen molar-refractivity contribution in [3.05, 3.63) is 138 Å². The summed E-state index contributed by atoms with van der Waals surface area (Å²) in [6, 6.07) is 19.0. The molecule has 2 N–H and O–H groups in total. The summed E-state index contributed by atoms with van der Waals surface area (Å²) in [5.41, 5.74) is 6.21. The van der Waals surface area contributed by atoms with Crippen LogP contribution in [0.1, 0.15) is 68.8 Å². The number of nitrogens with zero attached hydrogens (tertiary/aromatic N) is 6. The van der Waals surface area contributed by atoms with Gasteiger partial charge in [0, 0.05) is 81.7 Å². The number of aromatic nitrogens is 4. The molecule has 1 saturated heterocycles. The van der Waals surface area contributed by atoms with Crippen molar-refractivity contribution >= 4 is 64.0 Å². The highest BCUT2D eigenvalue weighted by Crippen LogP contribution is 2.38. The van der Waals surface area contributed by atoms with E-state index in [4.69, 9.17) is 14.2 Å². The molecule has 3 amide bonds. The lowest BCUT2D eigenvalue weighted by atomic mass is 10.0. The number of aryl methyl sites for hydroxylation is 2. The number of ketones is 2. The van der Waals surface area contributed by atoms with Gasteiger partial charge in [0.15, 0.2) is 28.9 Å². The zero-order valence-corrected chi connectivity index (χ0v) is 38.8. The van der Waals surface area contributed by atoms with Gasteiger partial charge < -0.3 is 38.9 Å². The van der Waals surface area contributed by atoms with Gasteiger partial charge >= 0.3 is 6.09 Å². The Labute approximate surface area is 398 Å². The van der Waals surface area contributed by atoms with Gasteiger partial charge in [0.05, 0.1) is 42.6 Å². The predicted octanol–water partition coefficient (Wildman–Crippen LogP) is 7.20. The third kappa shape index (κ3) is 10.5. The van der Waals surface area contributed by atoms with Crippen molar-refractivity contribution in [3.8, 4) is 22.6 Å². The molecule has 2 atom stereocenters. The quantitative estimate of drug-likeness (QED) is 0.0505. The Morgan fingerprint density at radius 3 is 2.48 bits per heavy atom. The summed E-state index contributed by atoms with van der Waals surface area (Å²) < 4.78 is 21.3. The van der Waals surface area contributed by atoms with Crippen LogP contribution in [-0.4, -0.2) is 104 Å². The number of imidazole rings is 1. The summed E-state index contributed by atoms with van der Waals surface area (Å²) in [4.78, 5) is 88.9. The third-order valence-electron chi connectivity index (χ3n) is 12.0. The first-order valence-corrected chi connectivity index (χ1v) is 22.4. The van der Waals surface area contributed by atoms with Gasteiger partial charge in [0.1, 0.15) is 12.3 Å². The molecule has 17 nitrogen and oxygen atoms in total. The average Bonchev–Trinajstić information content (AvgIpc) is 4.11. The number of Topliss-reactive ketones (excluding diaryl/α,β-unsaturated/α-hetero) is 2. The summed E-state index contributed by atoms with van der Waals surface area (Å²) in [6.07, 6.45) is 9.01. The topological polar surface area (TPSA) is 197 Å². The lowest BCUT2D eigenvalue weighted by Gasteiger charge is -2.20. The monoisotopic (exact) mass is 932 g/mol. The summed E-state index contributed by atoms with van der Waals surface area (Å²) in [5.74, 6) is 0.157. The van der Waals surface area contributed by atoms with E-state index in [0.29, 0.717) is 53.3 Å². The molecule has 3 aromatic carbocycles. The van der Waals surface area contributed by atoms with Crippen molar-refractivity contribution < 1.29 is 43.0 Å². The summed E-state index contributed by atoms with van der Waals surface area (Å²) in [7, 11) is 4.99. The second kappa shape index (κ2) is 20.3. The fourth-order valence-corrected chi connectivity index (χ4v) is 8.42. The molecule has 0 aliphatic carbocycles. The first-order chi connectivity index (χ1) is 33.2. The van der Waals surface area contributed by atoms with Crippen LogP contribution in [0.25, 0.3) is 22.0 Å². The molecule has 1 fully saturated rings. The van der Waals surface area contributed by atoms with Gasteiger partial charge in [-0.2, -0.15) is 0 Å². The van der Waals surface area contributed by atoms with Gasteiger partial charge in [0.2, 0.25) is 11.7 Å². The van der Waals surface area contributed by atoms with Crippen LogP contribution in [0.4, 0.5) is 16.3 Å². The molecule has 0 unspecified atom stereocenters. The van der Waals surface area contributed by atoms with E-state index in [2.05, 4.69) is 33.8 Å². The van der Waals surface area contributed by atoms with Crippen LogP contribution in [0.3, 0.4) is 0 Å². The van der Waals surface area contributed by atoms with Gasteiger partial charge in [0.25, 0.3) is 11.8 Å². The first-order valence-electron chi connectivity index (χ1n) is 22.4. The predicted molar refractivity (Wildman–Crippen MR) is 260 cm³/mol. The number of alkyl carbamates (subject to hydrolysis) is 1. The first kappa shape index (κ1) is 47.2. The molecule has 0 spiro atoms. The van der Waals surface area contributed by atoms with Gasteiger partial charge in [-0.15, -0.1) is 0 Å². The largest absolute Gasteiger partial charge is 0.493 e. The normalized spacial score (nSPS) is 14.4. The van der Waals surface area contributed by atoms with Crippen molar-refractivity contribution in [2.75, 3.05) is 32.2 Å². The van der Waals surface area contributed by atoms with Gasteiger partial charge in [-0.3, -0.25) is 33.5 Å². The van der Waals surface area contributed by atoms with Crippen LogP contribution in [0.2, 0.25) is 0 Å². The van der Waals surface area contributed by atoms with Crippen LogP contribution >= 0.6 is 0 Å². The maximum Gasteiger partial charge on any atom is 0.408 e. The number of carbonyl (C=O) groups is 6. The molecule has 0 radical (unpaired) electrons. The van der Waals surface area contributed by atoms with E-state index in [1.54, 1.807) is 82.5 Å². The van der Waals surface area contributed by atoms with E-state index in [9.17, 15) is 28.8 Å². The Morgan fingerprint density at radius 2 is 1.71 bits per heavy atom. The number of rotatable bonds is 18. The van der Waals surface area contributed by atoms with E-state index in [-0.39, 0.29) is 79.4 Å². The number of aliphatic imine (C=N–C) groups is 1. The minimum atomic E-state index is -0.749. The molecule has 8 rings (SSSR count). The highest BCUT2D eigenvalue weighted by Gasteiger charge is 2.34. The number of amides is 3. The standard InChI is InChI=1S/C52H52N8O9/c1-7-18-69-52(66)54-32(3)43(61)23-34-12-15-41-36(21-34)16-17-59(41)51(65)42-24-37(29-57(42)4)35-13-10-33(11-14-35)22-44(62)49-56-47(30-58(49)5)55-48(63)9-8-19-68-46-26-40-39(25-45(46)67-6)50(64)60-28-31(2)20-38(60)27-53-40/h7,10-17,21,24-27,29-30,32,38H,1-2,8-9,18-20,22-23,28H2,3-6H3,(H,54,66)(H,55,63)/t32-,38-/m0/s1. The lowest BCUT2D eigenvalue weighted by Crippen LogP contribution is -2.39. The number of fused-ring (bicyclic) bond motifs is 3. The minimum Gasteiger partial charge on any atom is -0.493 e. The smallest absolute Gasteiger partial charge is 0.408 e. The summed E-state index contributed by atoms with van der Waals surface area (Å²) in [5, 5.41) is 6.08. The zero-order valence-electron chi connectivity index (χ0n) is 38.8.